The van der Waals surface area contributed by atoms with E-state index in [4.69, 9.17) is 18.0 Å². The Morgan fingerprint density at radius 2 is 2.31 bits per heavy atom. The van der Waals surface area contributed by atoms with Crippen LogP contribution in [0.15, 0.2) is 18.2 Å². The van der Waals surface area contributed by atoms with Gasteiger partial charge >= 0.3 is 0 Å². The maximum Gasteiger partial charge on any atom is 0.240 e. The molecule has 0 aliphatic rings. The summed E-state index contributed by atoms with van der Waals surface area (Å²) in [5, 5.41) is 0. The number of halogens is 1. The predicted octanol–water partition coefficient (Wildman–Crippen LogP) is 2.35. The molecule has 1 aromatic heterocycles. The number of nitrogens with two attached hydrogens (primary N) is 1. The van der Waals surface area contributed by atoms with Crippen LogP contribution in [0.2, 0.25) is 0 Å². The summed E-state index contributed by atoms with van der Waals surface area (Å²) in [5.41, 5.74) is 7.12. The van der Waals surface area contributed by atoms with E-state index in [1.54, 1.807) is 11.5 Å². The number of aromatic amines is 1. The van der Waals surface area contributed by atoms with Gasteiger partial charge in [-0.3, -0.25) is 4.79 Å². The van der Waals surface area contributed by atoms with Gasteiger partial charge in [0.1, 0.15) is 6.04 Å². The van der Waals surface area contributed by atoms with Gasteiger partial charge in [0.25, 0.3) is 0 Å². The van der Waals surface area contributed by atoms with Gasteiger partial charge in [-0.05, 0) is 59.9 Å². The fourth-order valence-corrected chi connectivity index (χ4v) is 2.47. The number of benzene rings is 1. The molecule has 3 N–H and O–H groups in total. The van der Waals surface area contributed by atoms with Crippen molar-refractivity contribution in [2.75, 3.05) is 0 Å². The maximum atomic E-state index is 11.2. The van der Waals surface area contributed by atoms with Gasteiger partial charge in [-0.1, -0.05) is 0 Å². The van der Waals surface area contributed by atoms with Crippen LogP contribution in [-0.2, 0) is 4.79 Å². The highest BCUT2D eigenvalue weighted by molar-refractivity contribution is 14.1. The molecule has 84 valence electrons. The fraction of sp³-hybridized carbons (Fsp3) is 0.200. The number of nitrogens with one attached hydrogen (secondary N) is 1. The molecular formula is C10H10IN3OS. The number of nitrogens with zero attached hydrogens (tertiary/aromatic N) is 1. The number of amides is 1. The number of carbonyl (C=O) groups is 1. The lowest BCUT2D eigenvalue weighted by Gasteiger charge is -2.10. The summed E-state index contributed by atoms with van der Waals surface area (Å²) in [4.78, 5) is 14.3. The van der Waals surface area contributed by atoms with Crippen LogP contribution in [0.5, 0.6) is 0 Å². The van der Waals surface area contributed by atoms with Crippen molar-refractivity contribution in [3.63, 3.8) is 0 Å². The number of aromatic nitrogens is 2. The lowest BCUT2D eigenvalue weighted by Crippen LogP contribution is -2.23. The van der Waals surface area contributed by atoms with Gasteiger partial charge in [0.15, 0.2) is 4.77 Å². The van der Waals surface area contributed by atoms with E-state index in [1.165, 1.54) is 0 Å². The van der Waals surface area contributed by atoms with Crippen LogP contribution in [-0.4, -0.2) is 15.5 Å². The zero-order valence-electron chi connectivity index (χ0n) is 8.53. The Hall–Kier alpha value is -0.890. The Morgan fingerprint density at radius 3 is 2.94 bits per heavy atom. The summed E-state index contributed by atoms with van der Waals surface area (Å²) in [6.45, 7) is 1.74. The molecule has 0 saturated heterocycles. The lowest BCUT2D eigenvalue weighted by atomic mass is 10.2. The summed E-state index contributed by atoms with van der Waals surface area (Å²) in [6, 6.07) is 5.44. The van der Waals surface area contributed by atoms with Gasteiger partial charge in [-0.15, -0.1) is 0 Å². The Balaban J connectivity index is 2.74. The topological polar surface area (TPSA) is 63.8 Å². The molecular weight excluding hydrogens is 337 g/mol. The first kappa shape index (κ1) is 11.6. The molecule has 0 radical (unpaired) electrons. The van der Waals surface area contributed by atoms with Crippen molar-refractivity contribution < 1.29 is 4.79 Å². The van der Waals surface area contributed by atoms with E-state index in [0.717, 1.165) is 14.6 Å². The highest BCUT2D eigenvalue weighted by Crippen LogP contribution is 2.20. The van der Waals surface area contributed by atoms with E-state index < -0.39 is 11.9 Å². The average molecular weight is 347 g/mol. The Bertz CT molecular complexity index is 616. The zero-order valence-corrected chi connectivity index (χ0v) is 11.5. The van der Waals surface area contributed by atoms with Gasteiger partial charge in [0, 0.05) is 3.57 Å². The van der Waals surface area contributed by atoms with E-state index >= 15 is 0 Å². The third-order valence-electron chi connectivity index (χ3n) is 2.48. The molecule has 6 heteroatoms. The second-order valence-corrected chi connectivity index (χ2v) is 5.17. The molecule has 0 aliphatic carbocycles. The largest absolute Gasteiger partial charge is 0.368 e. The van der Waals surface area contributed by atoms with E-state index in [0.29, 0.717) is 4.77 Å². The molecule has 1 heterocycles. The number of H-pyrrole nitrogens is 1. The minimum Gasteiger partial charge on any atom is -0.368 e. The molecule has 0 aliphatic heterocycles. The zero-order chi connectivity index (χ0) is 11.9. The summed E-state index contributed by atoms with van der Waals surface area (Å²) >= 11 is 7.41. The van der Waals surface area contributed by atoms with Crippen molar-refractivity contribution in [2.24, 2.45) is 5.73 Å². The van der Waals surface area contributed by atoms with Crippen molar-refractivity contribution in [3.8, 4) is 0 Å². The number of hydrogen-bond acceptors (Lipinski definition) is 2. The highest BCUT2D eigenvalue weighted by Gasteiger charge is 2.15. The van der Waals surface area contributed by atoms with Gasteiger partial charge in [-0.2, -0.15) is 0 Å². The van der Waals surface area contributed by atoms with E-state index in [2.05, 4.69) is 27.6 Å². The average Bonchev–Trinajstić information content (AvgIpc) is 2.51. The van der Waals surface area contributed by atoms with Gasteiger partial charge in [0.2, 0.25) is 5.91 Å². The van der Waals surface area contributed by atoms with Crippen LogP contribution in [0, 0.1) is 8.34 Å². The van der Waals surface area contributed by atoms with Crippen molar-refractivity contribution in [1.82, 2.24) is 9.55 Å². The highest BCUT2D eigenvalue weighted by atomic mass is 127. The van der Waals surface area contributed by atoms with Crippen molar-refractivity contribution >= 4 is 51.7 Å². The smallest absolute Gasteiger partial charge is 0.240 e. The standard InChI is InChI=1S/C10H10IN3OS/c1-5(9(12)15)14-8-3-2-6(11)4-7(8)13-10(14)16/h2-5H,1H3,(H2,12,15)(H,13,16). The number of primary amides is 1. The normalized spacial score (nSPS) is 12.9. The molecule has 0 saturated carbocycles. The first-order valence-electron chi connectivity index (χ1n) is 4.70. The first-order valence-corrected chi connectivity index (χ1v) is 6.18. The first-order chi connectivity index (χ1) is 7.50. The number of fused-ring (bicyclic) bond motifs is 1. The van der Waals surface area contributed by atoms with Crippen LogP contribution >= 0.6 is 34.8 Å². The Labute approximate surface area is 111 Å². The summed E-state index contributed by atoms with van der Waals surface area (Å²) in [7, 11) is 0. The lowest BCUT2D eigenvalue weighted by molar-refractivity contribution is -0.120. The fourth-order valence-electron chi connectivity index (χ4n) is 1.62. The van der Waals surface area contributed by atoms with E-state index in [-0.39, 0.29) is 0 Å². The van der Waals surface area contributed by atoms with Crippen molar-refractivity contribution in [1.29, 1.82) is 0 Å². The van der Waals surface area contributed by atoms with E-state index in [9.17, 15) is 4.79 Å². The molecule has 2 aromatic rings. The number of imidazole rings is 1. The number of rotatable bonds is 2. The molecule has 1 amide bonds. The Morgan fingerprint density at radius 1 is 1.62 bits per heavy atom. The SMILES string of the molecule is CC(C(N)=O)n1c(=S)[nH]c2cc(I)ccc21. The second kappa shape index (κ2) is 4.17. The van der Waals surface area contributed by atoms with Crippen LogP contribution in [0.3, 0.4) is 0 Å². The molecule has 4 nitrogen and oxygen atoms in total. The summed E-state index contributed by atoms with van der Waals surface area (Å²) in [5.74, 6) is -0.393. The van der Waals surface area contributed by atoms with Crippen molar-refractivity contribution in [3.05, 3.63) is 26.5 Å². The maximum absolute atomic E-state index is 11.2. The molecule has 16 heavy (non-hydrogen) atoms. The minimum atomic E-state index is -0.443. The van der Waals surface area contributed by atoms with Crippen LogP contribution in [0.1, 0.15) is 13.0 Å². The molecule has 0 bridgehead atoms. The summed E-state index contributed by atoms with van der Waals surface area (Å²) < 4.78 is 3.37. The molecule has 1 unspecified atom stereocenters. The van der Waals surface area contributed by atoms with E-state index in [1.807, 2.05) is 18.2 Å². The quantitative estimate of drug-likeness (QED) is 0.647. The predicted molar refractivity (Wildman–Crippen MR) is 73.7 cm³/mol. The van der Waals surface area contributed by atoms with Gasteiger partial charge in [-0.25, -0.2) is 0 Å². The molecule has 2 rings (SSSR count). The second-order valence-electron chi connectivity index (χ2n) is 3.54. The third kappa shape index (κ3) is 1.86. The van der Waals surface area contributed by atoms with Gasteiger partial charge < -0.3 is 15.3 Å². The molecule has 0 fully saturated rings. The molecule has 1 aromatic carbocycles. The minimum absolute atomic E-state index is 0.393. The molecule has 1 atom stereocenters. The monoisotopic (exact) mass is 347 g/mol. The van der Waals surface area contributed by atoms with Crippen molar-refractivity contribution in [2.45, 2.75) is 13.0 Å². The number of hydrogen-bond donors (Lipinski definition) is 2. The summed E-state index contributed by atoms with van der Waals surface area (Å²) in [6.07, 6.45) is 0. The number of carbonyl (C=O) groups excluding carboxylic acids is 1. The van der Waals surface area contributed by atoms with Gasteiger partial charge in [0.05, 0.1) is 11.0 Å². The molecule has 0 spiro atoms. The van der Waals surface area contributed by atoms with Crippen LogP contribution < -0.4 is 5.73 Å². The Kier molecular flexibility index (Phi) is 3.02. The third-order valence-corrected chi connectivity index (χ3v) is 3.45. The van der Waals surface area contributed by atoms with Crippen LogP contribution in [0.25, 0.3) is 11.0 Å². The van der Waals surface area contributed by atoms with Crippen LogP contribution in [0.4, 0.5) is 0 Å².